The number of aromatic nitrogens is 2. The summed E-state index contributed by atoms with van der Waals surface area (Å²) in [5.74, 6) is -1.35. The summed E-state index contributed by atoms with van der Waals surface area (Å²) in [7, 11) is 0. The number of imide groups is 1. The summed E-state index contributed by atoms with van der Waals surface area (Å²) in [6.45, 7) is 0. The van der Waals surface area contributed by atoms with E-state index in [2.05, 4.69) is 16.0 Å². The molecular weight excluding hydrogens is 530 g/mol. The molecule has 8 heteroatoms. The Kier molecular flexibility index (Phi) is 5.83. The van der Waals surface area contributed by atoms with Gasteiger partial charge < -0.3 is 4.98 Å². The monoisotopic (exact) mass is 551 g/mol. The number of aromatic amines is 1. The molecule has 8 nitrogen and oxygen atoms in total. The first-order valence-corrected chi connectivity index (χ1v) is 13.4. The van der Waals surface area contributed by atoms with Crippen molar-refractivity contribution in [1.82, 2.24) is 9.97 Å². The van der Waals surface area contributed by atoms with E-state index >= 15 is 0 Å². The first-order chi connectivity index (χ1) is 20.4. The fraction of sp³-hybridized carbons (Fsp3) is 0.0588. The number of allylic oxidation sites excluding steroid dienone is 4. The molecule has 2 amide bonds. The summed E-state index contributed by atoms with van der Waals surface area (Å²) in [6.07, 6.45) is 7.25. The Morgan fingerprint density at radius 2 is 1.62 bits per heavy atom. The molecule has 1 aromatic heterocycles. The molecule has 202 valence electrons. The number of nitrogens with one attached hydrogen (secondary N) is 1. The van der Waals surface area contributed by atoms with Gasteiger partial charge in [0.05, 0.1) is 23.0 Å². The van der Waals surface area contributed by atoms with Crippen LogP contribution in [0.2, 0.25) is 0 Å². The fourth-order valence-corrected chi connectivity index (χ4v) is 5.73. The maximum Gasteiger partial charge on any atom is 0.265 e. The van der Waals surface area contributed by atoms with Crippen molar-refractivity contribution >= 4 is 56.8 Å². The summed E-state index contributed by atoms with van der Waals surface area (Å²) in [4.78, 5) is 73.9. The molecule has 42 heavy (non-hydrogen) atoms. The van der Waals surface area contributed by atoms with Crippen LogP contribution in [-0.2, 0) is 6.42 Å². The van der Waals surface area contributed by atoms with Crippen molar-refractivity contribution in [2.75, 3.05) is 4.90 Å². The van der Waals surface area contributed by atoms with Crippen molar-refractivity contribution in [1.29, 1.82) is 0 Å². The molecule has 2 aliphatic rings. The van der Waals surface area contributed by atoms with Gasteiger partial charge >= 0.3 is 0 Å². The molecule has 0 unspecified atom stereocenters. The number of hydrogen-bond donors (Lipinski definition) is 1. The van der Waals surface area contributed by atoms with Crippen LogP contribution >= 0.6 is 0 Å². The van der Waals surface area contributed by atoms with Gasteiger partial charge in [0.2, 0.25) is 0 Å². The lowest BCUT2D eigenvalue weighted by atomic mass is 9.87. The minimum absolute atomic E-state index is 0.158. The Bertz CT molecular complexity index is 2120. The molecule has 0 bridgehead atoms. The quantitative estimate of drug-likeness (QED) is 0.170. The molecule has 0 radical (unpaired) electrons. The highest BCUT2D eigenvalue weighted by molar-refractivity contribution is 6.37. The summed E-state index contributed by atoms with van der Waals surface area (Å²) in [6, 6.07) is 20.0. The van der Waals surface area contributed by atoms with E-state index in [1.54, 1.807) is 36.4 Å². The predicted molar refractivity (Wildman–Crippen MR) is 159 cm³/mol. The molecule has 5 aromatic rings. The molecule has 0 spiro atoms. The third kappa shape index (κ3) is 3.92. The second kappa shape index (κ2) is 9.71. The number of fused-ring (bicyclic) bond motifs is 1. The van der Waals surface area contributed by atoms with Crippen LogP contribution in [0, 0.1) is 0 Å². The van der Waals surface area contributed by atoms with Gasteiger partial charge in [-0.1, -0.05) is 48.6 Å². The van der Waals surface area contributed by atoms with Gasteiger partial charge in [0, 0.05) is 33.0 Å². The van der Waals surface area contributed by atoms with Gasteiger partial charge in [0.25, 0.3) is 17.4 Å². The first-order valence-electron chi connectivity index (χ1n) is 13.4. The van der Waals surface area contributed by atoms with Crippen LogP contribution in [0.4, 0.5) is 5.69 Å². The van der Waals surface area contributed by atoms with Gasteiger partial charge in [-0.05, 0) is 60.0 Å². The summed E-state index contributed by atoms with van der Waals surface area (Å²) in [5.41, 5.74) is 3.42. The van der Waals surface area contributed by atoms with Gasteiger partial charge in [0.15, 0.2) is 12.1 Å². The topological polar surface area (TPSA) is 117 Å². The Balaban J connectivity index is 1.30. The third-order valence-corrected chi connectivity index (χ3v) is 7.74. The third-order valence-electron chi connectivity index (χ3n) is 7.74. The van der Waals surface area contributed by atoms with Crippen LogP contribution in [0.1, 0.15) is 59.2 Å². The second-order valence-corrected chi connectivity index (χ2v) is 10.2. The van der Waals surface area contributed by atoms with Crippen molar-refractivity contribution in [3.63, 3.8) is 0 Å². The highest BCUT2D eigenvalue weighted by Gasteiger charge is 2.35. The summed E-state index contributed by atoms with van der Waals surface area (Å²) in [5, 5.41) is 0.892. The van der Waals surface area contributed by atoms with Gasteiger partial charge in [-0.2, -0.15) is 0 Å². The van der Waals surface area contributed by atoms with Gasteiger partial charge in [-0.3, -0.25) is 24.0 Å². The van der Waals surface area contributed by atoms with E-state index in [-0.39, 0.29) is 50.8 Å². The number of ketones is 1. The SMILES string of the molecule is O=Cc1ccc2c3c(ccc(C(=O)Cc4nc5ccccc5c(=O)[nH]4)c13)C(=O)N(c1ccc(C3=CC=CC3)cc1)C2=O. The number of para-hydroxylation sites is 1. The Labute approximate surface area is 238 Å². The number of amides is 2. The van der Waals surface area contributed by atoms with Crippen LogP contribution in [-0.4, -0.2) is 33.9 Å². The number of rotatable bonds is 6. The molecule has 0 atom stereocenters. The summed E-state index contributed by atoms with van der Waals surface area (Å²) < 4.78 is 0. The minimum atomic E-state index is -0.547. The lowest BCUT2D eigenvalue weighted by Gasteiger charge is -2.28. The van der Waals surface area contributed by atoms with Gasteiger partial charge in [-0.25, -0.2) is 9.88 Å². The van der Waals surface area contributed by atoms with Crippen molar-refractivity contribution in [3.8, 4) is 0 Å². The highest BCUT2D eigenvalue weighted by Crippen LogP contribution is 2.37. The van der Waals surface area contributed by atoms with Crippen LogP contribution in [0.3, 0.4) is 0 Å². The minimum Gasteiger partial charge on any atom is -0.310 e. The van der Waals surface area contributed by atoms with Crippen molar-refractivity contribution in [3.05, 3.63) is 135 Å². The molecule has 2 heterocycles. The van der Waals surface area contributed by atoms with Crippen molar-refractivity contribution < 1.29 is 19.2 Å². The van der Waals surface area contributed by atoms with E-state index in [0.29, 0.717) is 22.9 Å². The zero-order valence-corrected chi connectivity index (χ0v) is 22.1. The predicted octanol–water partition coefficient (Wildman–Crippen LogP) is 5.46. The standard InChI is InChI=1S/C34H21N3O5/c38-18-21-11-14-25-31-26(34(42)37(33(25)41)22-12-9-20(10-13-22)19-5-1-2-6-19)16-15-24(30(21)31)28(39)17-29-35-27-8-4-3-7-23(27)32(40)36-29/h1-5,7-16,18H,6,17H2,(H,35,36,40). The molecular formula is C34H21N3O5. The average molecular weight is 552 g/mol. The molecule has 1 aliphatic heterocycles. The van der Waals surface area contributed by atoms with Crippen LogP contribution < -0.4 is 10.5 Å². The molecule has 0 fully saturated rings. The number of hydrogen-bond acceptors (Lipinski definition) is 6. The van der Waals surface area contributed by atoms with E-state index in [0.717, 1.165) is 22.5 Å². The maximum absolute atomic E-state index is 13.7. The molecule has 1 N–H and O–H groups in total. The van der Waals surface area contributed by atoms with E-state index in [4.69, 9.17) is 0 Å². The molecule has 0 saturated carbocycles. The zero-order chi connectivity index (χ0) is 29.0. The number of H-pyrrole nitrogens is 1. The lowest BCUT2D eigenvalue weighted by Crippen LogP contribution is -2.40. The van der Waals surface area contributed by atoms with Crippen molar-refractivity contribution in [2.45, 2.75) is 12.8 Å². The van der Waals surface area contributed by atoms with E-state index in [1.807, 2.05) is 24.3 Å². The summed E-state index contributed by atoms with van der Waals surface area (Å²) >= 11 is 0. The molecule has 0 saturated heterocycles. The fourth-order valence-electron chi connectivity index (χ4n) is 5.73. The zero-order valence-electron chi connectivity index (χ0n) is 22.1. The van der Waals surface area contributed by atoms with Gasteiger partial charge in [0.1, 0.15) is 5.82 Å². The second-order valence-electron chi connectivity index (χ2n) is 10.2. The number of aldehydes is 1. The average Bonchev–Trinajstić information content (AvgIpc) is 3.55. The number of Topliss-reactive ketones (excluding diaryl/α,β-unsaturated/α-hetero) is 1. The Morgan fingerprint density at radius 1 is 0.881 bits per heavy atom. The van der Waals surface area contributed by atoms with E-state index in [9.17, 15) is 24.0 Å². The maximum atomic E-state index is 13.7. The Morgan fingerprint density at radius 3 is 2.33 bits per heavy atom. The number of nitrogens with zero attached hydrogens (tertiary/aromatic N) is 2. The van der Waals surface area contributed by atoms with E-state index in [1.165, 1.54) is 24.3 Å². The van der Waals surface area contributed by atoms with E-state index < -0.39 is 17.6 Å². The number of benzene rings is 4. The first kappa shape index (κ1) is 25.2. The molecule has 7 rings (SSSR count). The highest BCUT2D eigenvalue weighted by atomic mass is 16.2. The van der Waals surface area contributed by atoms with Crippen molar-refractivity contribution in [2.24, 2.45) is 0 Å². The normalized spacial score (nSPS) is 14.1. The van der Waals surface area contributed by atoms with Gasteiger partial charge in [-0.15, -0.1) is 0 Å². The lowest BCUT2D eigenvalue weighted by molar-refractivity contribution is 0.0890. The largest absolute Gasteiger partial charge is 0.310 e. The van der Waals surface area contributed by atoms with Crippen LogP contribution in [0.25, 0.3) is 27.2 Å². The molecule has 1 aliphatic carbocycles. The molecule has 4 aromatic carbocycles. The van der Waals surface area contributed by atoms with Crippen LogP contribution in [0.5, 0.6) is 0 Å². The Hall–Kier alpha value is -5.76. The van der Waals surface area contributed by atoms with Crippen LogP contribution in [0.15, 0.2) is 95.8 Å². The number of carbonyl (C=O) groups excluding carboxylic acids is 4. The number of carbonyl (C=O) groups is 4. The smallest absolute Gasteiger partial charge is 0.265 e. The number of anilines is 1.